The first kappa shape index (κ1) is 22.8. The smallest absolute Gasteiger partial charge is 0.264 e. The summed E-state index contributed by atoms with van der Waals surface area (Å²) < 4.78 is 27.9. The van der Waals surface area contributed by atoms with Crippen molar-refractivity contribution in [1.82, 2.24) is 0 Å². The number of carbonyl (C=O) groups excluding carboxylic acids is 1. The van der Waals surface area contributed by atoms with Crippen molar-refractivity contribution in [1.29, 1.82) is 0 Å². The van der Waals surface area contributed by atoms with Crippen molar-refractivity contribution in [3.05, 3.63) is 88.4 Å². The third kappa shape index (κ3) is 5.27. The minimum atomic E-state index is -3.98. The van der Waals surface area contributed by atoms with E-state index in [1.165, 1.54) is 24.3 Å². The number of carbonyl (C=O) groups is 1. The van der Waals surface area contributed by atoms with Crippen molar-refractivity contribution in [3.63, 3.8) is 0 Å². The van der Waals surface area contributed by atoms with Crippen LogP contribution in [0.25, 0.3) is 0 Å². The Labute approximate surface area is 188 Å². The third-order valence-corrected chi connectivity index (χ3v) is 7.06. The van der Waals surface area contributed by atoms with Crippen molar-refractivity contribution in [2.45, 2.75) is 32.1 Å². The van der Waals surface area contributed by atoms with Gasteiger partial charge < -0.3 is 5.32 Å². The van der Waals surface area contributed by atoms with Crippen molar-refractivity contribution >= 4 is 38.9 Å². The van der Waals surface area contributed by atoms with E-state index in [0.717, 1.165) is 33.1 Å². The maximum Gasteiger partial charge on any atom is 0.264 e. The molecule has 162 valence electrons. The van der Waals surface area contributed by atoms with E-state index < -0.39 is 15.9 Å². The Hall–Kier alpha value is -2.83. The second-order valence-electron chi connectivity index (χ2n) is 7.31. The molecule has 31 heavy (non-hydrogen) atoms. The number of nitrogens with zero attached hydrogens (tertiary/aromatic N) is 1. The average Bonchev–Trinajstić information content (AvgIpc) is 2.74. The number of hydrogen-bond acceptors (Lipinski definition) is 3. The largest absolute Gasteiger partial charge is 0.324 e. The highest BCUT2D eigenvalue weighted by Gasteiger charge is 2.27. The van der Waals surface area contributed by atoms with E-state index >= 15 is 0 Å². The predicted molar refractivity (Wildman–Crippen MR) is 126 cm³/mol. The zero-order chi connectivity index (χ0) is 22.6. The quantitative estimate of drug-likeness (QED) is 0.520. The first-order valence-corrected chi connectivity index (χ1v) is 11.8. The molecule has 1 N–H and O–H groups in total. The van der Waals surface area contributed by atoms with Crippen molar-refractivity contribution in [3.8, 4) is 0 Å². The van der Waals surface area contributed by atoms with Gasteiger partial charge in [0.15, 0.2) is 0 Å². The van der Waals surface area contributed by atoms with Gasteiger partial charge in [-0.1, -0.05) is 54.4 Å². The maximum absolute atomic E-state index is 13.4. The lowest BCUT2D eigenvalue weighted by Crippen LogP contribution is -2.38. The van der Waals surface area contributed by atoms with Gasteiger partial charge in [-0.15, -0.1) is 0 Å². The van der Waals surface area contributed by atoms with E-state index in [-0.39, 0.29) is 11.4 Å². The molecule has 1 amide bonds. The molecule has 0 aliphatic heterocycles. The molecule has 0 aromatic heterocycles. The van der Waals surface area contributed by atoms with Crippen LogP contribution in [-0.4, -0.2) is 20.9 Å². The lowest BCUT2D eigenvalue weighted by Gasteiger charge is -2.25. The zero-order valence-electron chi connectivity index (χ0n) is 17.7. The number of hydrogen-bond donors (Lipinski definition) is 1. The first-order valence-electron chi connectivity index (χ1n) is 9.95. The zero-order valence-corrected chi connectivity index (χ0v) is 19.3. The molecule has 0 saturated carbocycles. The molecular weight excluding hydrogens is 432 g/mol. The summed E-state index contributed by atoms with van der Waals surface area (Å²) in [7, 11) is -3.98. The molecule has 7 heteroatoms. The Morgan fingerprint density at radius 3 is 2.23 bits per heavy atom. The Bertz CT molecular complexity index is 1170. The summed E-state index contributed by atoms with van der Waals surface area (Å²) in [6.07, 6.45) is 0.752. The molecule has 0 heterocycles. The second kappa shape index (κ2) is 9.54. The van der Waals surface area contributed by atoms with Gasteiger partial charge in [0.2, 0.25) is 5.91 Å². The molecule has 3 aromatic carbocycles. The normalized spacial score (nSPS) is 11.2. The average molecular weight is 457 g/mol. The van der Waals surface area contributed by atoms with Crippen LogP contribution in [0.2, 0.25) is 5.02 Å². The molecular formula is C24H25ClN2O3S. The number of aryl methyl sites for hydroxylation is 3. The second-order valence-corrected chi connectivity index (χ2v) is 9.61. The van der Waals surface area contributed by atoms with Gasteiger partial charge in [-0.05, 0) is 67.8 Å². The molecule has 3 aromatic rings. The summed E-state index contributed by atoms with van der Waals surface area (Å²) in [4.78, 5) is 13.0. The van der Waals surface area contributed by atoms with Crippen LogP contribution in [-0.2, 0) is 21.2 Å². The van der Waals surface area contributed by atoms with Gasteiger partial charge in [0.1, 0.15) is 6.54 Å². The lowest BCUT2D eigenvalue weighted by molar-refractivity contribution is -0.114. The molecule has 0 radical (unpaired) electrons. The minimum absolute atomic E-state index is 0.0652. The van der Waals surface area contributed by atoms with E-state index in [4.69, 9.17) is 11.6 Å². The van der Waals surface area contributed by atoms with E-state index in [9.17, 15) is 13.2 Å². The standard InChI is InChI=1S/C24H25ClN2O3S/c1-4-19-7-5-6-18(3)24(19)26-23(28)16-27(21-12-8-17(2)9-13-21)31(29,30)22-14-10-20(25)11-15-22/h5-15H,4,16H2,1-3H3,(H,26,28). The van der Waals surface area contributed by atoms with Gasteiger partial charge in [0.05, 0.1) is 10.6 Å². The molecule has 0 atom stereocenters. The fraction of sp³-hybridized carbons (Fsp3) is 0.208. The van der Waals surface area contributed by atoms with Crippen LogP contribution in [0.15, 0.2) is 71.6 Å². The highest BCUT2D eigenvalue weighted by atomic mass is 35.5. The fourth-order valence-corrected chi connectivity index (χ4v) is 4.82. The monoisotopic (exact) mass is 456 g/mol. The highest BCUT2D eigenvalue weighted by Crippen LogP contribution is 2.26. The summed E-state index contributed by atoms with van der Waals surface area (Å²) >= 11 is 5.92. The number of amides is 1. The van der Waals surface area contributed by atoms with Gasteiger partial charge in [-0.2, -0.15) is 0 Å². The fourth-order valence-electron chi connectivity index (χ4n) is 3.27. The van der Waals surface area contributed by atoms with Crippen LogP contribution in [0, 0.1) is 13.8 Å². The molecule has 0 bridgehead atoms. The topological polar surface area (TPSA) is 66.5 Å². The summed E-state index contributed by atoms with van der Waals surface area (Å²) in [6, 6.07) is 18.7. The highest BCUT2D eigenvalue weighted by molar-refractivity contribution is 7.92. The Kier molecular flexibility index (Phi) is 7.03. The predicted octanol–water partition coefficient (Wildman–Crippen LogP) is 5.35. The summed E-state index contributed by atoms with van der Waals surface area (Å²) in [5.74, 6) is -0.415. The van der Waals surface area contributed by atoms with Crippen LogP contribution < -0.4 is 9.62 Å². The van der Waals surface area contributed by atoms with Gasteiger partial charge in [0.25, 0.3) is 10.0 Å². The SMILES string of the molecule is CCc1cccc(C)c1NC(=O)CN(c1ccc(C)cc1)S(=O)(=O)c1ccc(Cl)cc1. The molecule has 0 spiro atoms. The summed E-state index contributed by atoms with van der Waals surface area (Å²) in [6.45, 7) is 5.48. The molecule has 0 saturated heterocycles. The van der Waals surface area contributed by atoms with Crippen LogP contribution >= 0.6 is 11.6 Å². The summed E-state index contributed by atoms with van der Waals surface area (Å²) in [5.41, 5.74) is 4.05. The molecule has 5 nitrogen and oxygen atoms in total. The number of anilines is 2. The Morgan fingerprint density at radius 2 is 1.61 bits per heavy atom. The summed E-state index contributed by atoms with van der Waals surface area (Å²) in [5, 5.41) is 3.34. The van der Waals surface area contributed by atoms with Crippen LogP contribution in [0.5, 0.6) is 0 Å². The van der Waals surface area contributed by atoms with Crippen LogP contribution in [0.3, 0.4) is 0 Å². The lowest BCUT2D eigenvalue weighted by atomic mass is 10.1. The number of sulfonamides is 1. The number of nitrogens with one attached hydrogen (secondary N) is 1. The molecule has 3 rings (SSSR count). The van der Waals surface area contributed by atoms with Crippen molar-refractivity contribution in [2.75, 3.05) is 16.2 Å². The minimum Gasteiger partial charge on any atom is -0.324 e. The van der Waals surface area contributed by atoms with Crippen molar-refractivity contribution < 1.29 is 13.2 Å². The number of benzene rings is 3. The van der Waals surface area contributed by atoms with E-state index in [0.29, 0.717) is 10.7 Å². The number of halogens is 1. The van der Waals surface area contributed by atoms with E-state index in [1.807, 2.05) is 51.1 Å². The van der Waals surface area contributed by atoms with Gasteiger partial charge in [-0.3, -0.25) is 9.10 Å². The van der Waals surface area contributed by atoms with Gasteiger partial charge in [-0.25, -0.2) is 8.42 Å². The first-order chi connectivity index (χ1) is 14.7. The van der Waals surface area contributed by atoms with Crippen LogP contribution in [0.1, 0.15) is 23.6 Å². The van der Waals surface area contributed by atoms with Crippen LogP contribution in [0.4, 0.5) is 11.4 Å². The Morgan fingerprint density at radius 1 is 0.968 bits per heavy atom. The van der Waals surface area contributed by atoms with Crippen molar-refractivity contribution in [2.24, 2.45) is 0 Å². The van der Waals surface area contributed by atoms with Gasteiger partial charge >= 0.3 is 0 Å². The third-order valence-electron chi connectivity index (χ3n) is 5.02. The van der Waals surface area contributed by atoms with Gasteiger partial charge in [0, 0.05) is 10.7 Å². The number of para-hydroxylation sites is 1. The molecule has 0 unspecified atom stereocenters. The van der Waals surface area contributed by atoms with E-state index in [1.54, 1.807) is 12.1 Å². The Balaban J connectivity index is 1.97. The maximum atomic E-state index is 13.4. The van der Waals surface area contributed by atoms with E-state index in [2.05, 4.69) is 5.32 Å². The molecule has 0 fully saturated rings. The molecule has 0 aliphatic carbocycles. The number of rotatable bonds is 7. The molecule has 0 aliphatic rings.